The molecule has 5 nitrogen and oxygen atoms in total. The number of thioether (sulfide) groups is 1. The number of hydrogen-bond donors (Lipinski definition) is 1. The molecule has 0 unspecified atom stereocenters. The number of H-pyrrole nitrogens is 1. The molecule has 1 atom stereocenters. The van der Waals surface area contributed by atoms with E-state index in [1.54, 1.807) is 18.3 Å². The monoisotopic (exact) mass is 345 g/mol. The molecule has 2 aromatic heterocycles. The largest absolute Gasteiger partial charge is 0.465 e. The van der Waals surface area contributed by atoms with E-state index >= 15 is 0 Å². The molecule has 7 heteroatoms. The van der Waals surface area contributed by atoms with Gasteiger partial charge in [0.25, 0.3) is 0 Å². The number of benzene rings is 1. The Morgan fingerprint density at radius 2 is 2.13 bits per heavy atom. The molecule has 0 amide bonds. The number of carbonyl (C=O) groups excluding carboxylic acids is 1. The molecule has 0 saturated carbocycles. The van der Waals surface area contributed by atoms with E-state index in [0.717, 1.165) is 10.4 Å². The molecular formula is C16H15N3O2S2. The average molecular weight is 345 g/mol. The molecule has 118 valence electrons. The molecule has 0 fully saturated rings. The number of aromatic amines is 1. The van der Waals surface area contributed by atoms with Gasteiger partial charge in [0.05, 0.1) is 11.5 Å². The van der Waals surface area contributed by atoms with E-state index in [0.29, 0.717) is 17.6 Å². The summed E-state index contributed by atoms with van der Waals surface area (Å²) < 4.78 is 5.19. The SMILES string of the molecule is CCOC(=O)[C@H](Sc1n[nH]c(-c2cccs2)n1)c1ccccc1. The number of aromatic nitrogens is 3. The number of esters is 1. The van der Waals surface area contributed by atoms with Gasteiger partial charge in [-0.2, -0.15) is 0 Å². The molecule has 2 heterocycles. The van der Waals surface area contributed by atoms with Gasteiger partial charge >= 0.3 is 5.97 Å². The molecule has 0 bridgehead atoms. The van der Waals surface area contributed by atoms with Crippen LogP contribution in [0, 0.1) is 0 Å². The number of thiophene rings is 1. The summed E-state index contributed by atoms with van der Waals surface area (Å²) in [5, 5.41) is 9.14. The van der Waals surface area contributed by atoms with Gasteiger partial charge in [-0.15, -0.1) is 16.4 Å². The molecule has 1 N–H and O–H groups in total. The summed E-state index contributed by atoms with van der Waals surface area (Å²) in [4.78, 5) is 17.7. The third kappa shape index (κ3) is 3.80. The van der Waals surface area contributed by atoms with Crippen LogP contribution in [0.3, 0.4) is 0 Å². The van der Waals surface area contributed by atoms with Gasteiger partial charge in [-0.05, 0) is 23.9 Å². The van der Waals surface area contributed by atoms with Crippen LogP contribution in [0.1, 0.15) is 17.7 Å². The lowest BCUT2D eigenvalue weighted by Crippen LogP contribution is -2.13. The van der Waals surface area contributed by atoms with Crippen LogP contribution in [0.2, 0.25) is 0 Å². The van der Waals surface area contributed by atoms with Crippen LogP contribution in [-0.4, -0.2) is 27.8 Å². The Labute approximate surface area is 142 Å². The highest BCUT2D eigenvalue weighted by molar-refractivity contribution is 8.00. The molecule has 0 aliphatic rings. The predicted molar refractivity (Wildman–Crippen MR) is 91.4 cm³/mol. The summed E-state index contributed by atoms with van der Waals surface area (Å²) >= 11 is 2.87. The van der Waals surface area contributed by atoms with Gasteiger partial charge in [-0.25, -0.2) is 4.98 Å². The summed E-state index contributed by atoms with van der Waals surface area (Å²) in [6, 6.07) is 13.5. The van der Waals surface area contributed by atoms with E-state index < -0.39 is 5.25 Å². The van der Waals surface area contributed by atoms with Crippen molar-refractivity contribution in [3.05, 3.63) is 53.4 Å². The lowest BCUT2D eigenvalue weighted by molar-refractivity contribution is -0.142. The molecule has 0 aliphatic heterocycles. The van der Waals surface area contributed by atoms with Crippen LogP contribution >= 0.6 is 23.1 Å². The van der Waals surface area contributed by atoms with E-state index in [1.165, 1.54) is 11.8 Å². The van der Waals surface area contributed by atoms with Crippen LogP contribution in [0.4, 0.5) is 0 Å². The minimum atomic E-state index is -0.483. The molecule has 3 aromatic rings. The molecule has 0 aliphatic carbocycles. The Kier molecular flexibility index (Phi) is 5.09. The smallest absolute Gasteiger partial charge is 0.324 e. The Morgan fingerprint density at radius 3 is 2.83 bits per heavy atom. The molecular weight excluding hydrogens is 330 g/mol. The molecule has 23 heavy (non-hydrogen) atoms. The van der Waals surface area contributed by atoms with Gasteiger partial charge in [0.15, 0.2) is 5.82 Å². The van der Waals surface area contributed by atoms with Crippen LogP contribution < -0.4 is 0 Å². The van der Waals surface area contributed by atoms with Crippen LogP contribution in [0.25, 0.3) is 10.7 Å². The first kappa shape index (κ1) is 15.8. The number of nitrogens with zero attached hydrogens (tertiary/aromatic N) is 2. The van der Waals surface area contributed by atoms with Crippen molar-refractivity contribution in [2.75, 3.05) is 6.61 Å². The second kappa shape index (κ2) is 7.43. The maximum Gasteiger partial charge on any atom is 0.324 e. The molecule has 1 aromatic carbocycles. The van der Waals surface area contributed by atoms with E-state index in [1.807, 2.05) is 47.8 Å². The fourth-order valence-electron chi connectivity index (χ4n) is 2.03. The maximum atomic E-state index is 12.3. The van der Waals surface area contributed by atoms with Gasteiger partial charge in [-0.3, -0.25) is 9.89 Å². The number of carbonyl (C=O) groups is 1. The second-order valence-electron chi connectivity index (χ2n) is 4.60. The van der Waals surface area contributed by atoms with Gasteiger partial charge in [-0.1, -0.05) is 48.2 Å². The highest BCUT2D eigenvalue weighted by Crippen LogP contribution is 2.35. The predicted octanol–water partition coefficient (Wildman–Crippen LogP) is 3.93. The molecule has 3 rings (SSSR count). The standard InChI is InChI=1S/C16H15N3O2S2/c1-2-21-15(20)13(11-7-4-3-5-8-11)23-16-17-14(18-19-16)12-9-6-10-22-12/h3-10,13H,2H2,1H3,(H,17,18,19)/t13-/m1/s1. The Morgan fingerprint density at radius 1 is 1.30 bits per heavy atom. The van der Waals surface area contributed by atoms with Gasteiger partial charge < -0.3 is 4.74 Å². The molecule has 0 radical (unpaired) electrons. The van der Waals surface area contributed by atoms with E-state index in [4.69, 9.17) is 4.74 Å². The Hall–Kier alpha value is -2.12. The molecule has 0 spiro atoms. The van der Waals surface area contributed by atoms with Crippen molar-refractivity contribution in [2.24, 2.45) is 0 Å². The van der Waals surface area contributed by atoms with E-state index in [2.05, 4.69) is 15.2 Å². The maximum absolute atomic E-state index is 12.3. The van der Waals surface area contributed by atoms with Crippen LogP contribution in [0.5, 0.6) is 0 Å². The summed E-state index contributed by atoms with van der Waals surface area (Å²) in [6.45, 7) is 2.14. The van der Waals surface area contributed by atoms with Crippen molar-refractivity contribution in [1.82, 2.24) is 15.2 Å². The van der Waals surface area contributed by atoms with Gasteiger partial charge in [0.1, 0.15) is 5.25 Å². The molecule has 0 saturated heterocycles. The number of ether oxygens (including phenoxy) is 1. The summed E-state index contributed by atoms with van der Waals surface area (Å²) in [7, 11) is 0. The van der Waals surface area contributed by atoms with Crippen molar-refractivity contribution in [2.45, 2.75) is 17.3 Å². The zero-order chi connectivity index (χ0) is 16.1. The minimum absolute atomic E-state index is 0.286. The zero-order valence-electron chi connectivity index (χ0n) is 12.4. The topological polar surface area (TPSA) is 67.9 Å². The number of rotatable bonds is 6. The summed E-state index contributed by atoms with van der Waals surface area (Å²) in [6.07, 6.45) is 0. The van der Waals surface area contributed by atoms with Gasteiger partial charge in [0.2, 0.25) is 5.16 Å². The fraction of sp³-hybridized carbons (Fsp3) is 0.188. The fourth-order valence-corrected chi connectivity index (χ4v) is 3.60. The first-order chi connectivity index (χ1) is 11.3. The van der Waals surface area contributed by atoms with Crippen LogP contribution in [-0.2, 0) is 9.53 Å². The number of hydrogen-bond acceptors (Lipinski definition) is 6. The summed E-state index contributed by atoms with van der Waals surface area (Å²) in [5.74, 6) is 0.421. The highest BCUT2D eigenvalue weighted by atomic mass is 32.2. The minimum Gasteiger partial charge on any atom is -0.465 e. The lowest BCUT2D eigenvalue weighted by Gasteiger charge is -2.13. The number of nitrogens with one attached hydrogen (secondary N) is 1. The Bertz CT molecular complexity index is 757. The van der Waals surface area contributed by atoms with Crippen molar-refractivity contribution in [3.63, 3.8) is 0 Å². The highest BCUT2D eigenvalue weighted by Gasteiger charge is 2.25. The first-order valence-electron chi connectivity index (χ1n) is 7.12. The zero-order valence-corrected chi connectivity index (χ0v) is 14.1. The van der Waals surface area contributed by atoms with Crippen molar-refractivity contribution in [3.8, 4) is 10.7 Å². The van der Waals surface area contributed by atoms with E-state index in [9.17, 15) is 4.79 Å². The Balaban J connectivity index is 1.82. The summed E-state index contributed by atoms with van der Waals surface area (Å²) in [5.41, 5.74) is 0.874. The second-order valence-corrected chi connectivity index (χ2v) is 6.62. The normalized spacial score (nSPS) is 12.0. The lowest BCUT2D eigenvalue weighted by atomic mass is 10.1. The third-order valence-corrected chi connectivity index (χ3v) is 5.02. The quantitative estimate of drug-likeness (QED) is 0.541. The van der Waals surface area contributed by atoms with E-state index in [-0.39, 0.29) is 5.97 Å². The van der Waals surface area contributed by atoms with Gasteiger partial charge in [0, 0.05) is 0 Å². The third-order valence-electron chi connectivity index (χ3n) is 3.05. The average Bonchev–Trinajstić information content (AvgIpc) is 3.25. The van der Waals surface area contributed by atoms with Crippen molar-refractivity contribution >= 4 is 29.1 Å². The van der Waals surface area contributed by atoms with Crippen molar-refractivity contribution < 1.29 is 9.53 Å². The first-order valence-corrected chi connectivity index (χ1v) is 8.88. The van der Waals surface area contributed by atoms with Crippen molar-refractivity contribution in [1.29, 1.82) is 0 Å². The van der Waals surface area contributed by atoms with Crippen LogP contribution in [0.15, 0.2) is 53.0 Å².